The van der Waals surface area contributed by atoms with E-state index < -0.39 is 17.6 Å². The molecule has 0 unspecified atom stereocenters. The van der Waals surface area contributed by atoms with Gasteiger partial charge in [-0.25, -0.2) is 4.98 Å². The van der Waals surface area contributed by atoms with Crippen molar-refractivity contribution < 1.29 is 22.7 Å². The number of aromatic nitrogens is 2. The van der Waals surface area contributed by atoms with Crippen LogP contribution in [0.3, 0.4) is 0 Å². The largest absolute Gasteiger partial charge is 0.487 e. The molecule has 0 spiro atoms. The molecule has 1 saturated heterocycles. The van der Waals surface area contributed by atoms with Crippen molar-refractivity contribution in [2.24, 2.45) is 0 Å². The van der Waals surface area contributed by atoms with Crippen molar-refractivity contribution in [3.8, 4) is 5.75 Å². The number of piperazine rings is 1. The number of benzene rings is 2. The number of carbonyl (C=O) groups excluding carboxylic acids is 1. The SMILES string of the molecule is Cc1ccc(NC(=O)c2ccc(CN3CCN(C)CC3)c(C(F)(F)F)c2)cc1OCc1cnc(N)cn1. The molecule has 1 fully saturated rings. The number of aryl methyl sites for hydroxylation is 1. The summed E-state index contributed by atoms with van der Waals surface area (Å²) in [5.41, 5.74) is 6.60. The van der Waals surface area contributed by atoms with E-state index in [9.17, 15) is 18.0 Å². The van der Waals surface area contributed by atoms with E-state index in [-0.39, 0.29) is 24.3 Å². The topological polar surface area (TPSA) is 96.6 Å². The second-order valence-corrected chi connectivity index (χ2v) is 9.10. The van der Waals surface area contributed by atoms with Gasteiger partial charge in [-0.1, -0.05) is 12.1 Å². The van der Waals surface area contributed by atoms with Crippen LogP contribution in [0.2, 0.25) is 0 Å². The van der Waals surface area contributed by atoms with Gasteiger partial charge in [-0.15, -0.1) is 0 Å². The van der Waals surface area contributed by atoms with Crippen LogP contribution >= 0.6 is 0 Å². The third-order valence-electron chi connectivity index (χ3n) is 6.21. The van der Waals surface area contributed by atoms with E-state index in [2.05, 4.69) is 20.2 Å². The number of anilines is 2. The summed E-state index contributed by atoms with van der Waals surface area (Å²) in [5, 5.41) is 2.67. The van der Waals surface area contributed by atoms with E-state index in [1.807, 2.05) is 18.9 Å². The first-order chi connectivity index (χ1) is 17.6. The van der Waals surface area contributed by atoms with Gasteiger partial charge in [-0.3, -0.25) is 14.7 Å². The van der Waals surface area contributed by atoms with Gasteiger partial charge < -0.3 is 20.7 Å². The molecule has 3 N–H and O–H groups in total. The highest BCUT2D eigenvalue weighted by Crippen LogP contribution is 2.34. The monoisotopic (exact) mass is 514 g/mol. The van der Waals surface area contributed by atoms with Crippen molar-refractivity contribution in [3.63, 3.8) is 0 Å². The highest BCUT2D eigenvalue weighted by atomic mass is 19.4. The molecule has 3 aromatic rings. The molecule has 1 aliphatic heterocycles. The van der Waals surface area contributed by atoms with E-state index in [0.717, 1.165) is 24.7 Å². The van der Waals surface area contributed by atoms with E-state index in [4.69, 9.17) is 10.5 Å². The Bertz CT molecular complexity index is 1240. The molecule has 196 valence electrons. The van der Waals surface area contributed by atoms with Crippen LogP contribution in [0.4, 0.5) is 24.7 Å². The number of nitrogens with one attached hydrogen (secondary N) is 1. The van der Waals surface area contributed by atoms with Gasteiger partial charge in [0.05, 0.1) is 23.7 Å². The number of ether oxygens (including phenoxy) is 1. The molecule has 2 heterocycles. The van der Waals surface area contributed by atoms with Crippen LogP contribution in [-0.4, -0.2) is 58.9 Å². The number of rotatable bonds is 7. The predicted octanol–water partition coefficient (Wildman–Crippen LogP) is 3.96. The molecule has 1 aromatic heterocycles. The van der Waals surface area contributed by atoms with Gasteiger partial charge in [0.2, 0.25) is 0 Å². The number of carbonyl (C=O) groups is 1. The lowest BCUT2D eigenvalue weighted by atomic mass is 10.0. The number of nitrogen functional groups attached to an aromatic ring is 1. The fourth-order valence-corrected chi connectivity index (χ4v) is 3.99. The van der Waals surface area contributed by atoms with Crippen molar-refractivity contribution >= 4 is 17.4 Å². The van der Waals surface area contributed by atoms with Gasteiger partial charge >= 0.3 is 6.18 Å². The average Bonchev–Trinajstić information content (AvgIpc) is 2.86. The Labute approximate surface area is 213 Å². The van der Waals surface area contributed by atoms with Gasteiger partial charge in [0.1, 0.15) is 18.2 Å². The molecule has 0 saturated carbocycles. The van der Waals surface area contributed by atoms with Crippen molar-refractivity contribution in [1.82, 2.24) is 19.8 Å². The standard InChI is InChI=1S/C26H29F3N6O2/c1-17-3-6-20(12-23(17)37-16-21-13-32-24(30)14-31-21)33-25(36)18-4-5-19(22(11-18)26(27,28)29)15-35-9-7-34(2)8-10-35/h3-6,11-14H,7-10,15-16H2,1-2H3,(H2,30,32)(H,33,36). The molecule has 11 heteroatoms. The van der Waals surface area contributed by atoms with Gasteiger partial charge in [0.15, 0.2) is 0 Å². The number of likely N-dealkylation sites (N-methyl/N-ethyl adjacent to an activating group) is 1. The molecule has 0 atom stereocenters. The van der Waals surface area contributed by atoms with Crippen molar-refractivity contribution in [3.05, 3.63) is 76.7 Å². The minimum Gasteiger partial charge on any atom is -0.487 e. The maximum absolute atomic E-state index is 13.9. The normalized spacial score (nSPS) is 14.9. The second-order valence-electron chi connectivity index (χ2n) is 9.10. The number of nitrogens with two attached hydrogens (primary N) is 1. The molecule has 1 amide bonds. The fraction of sp³-hybridized carbons (Fsp3) is 0.346. The molecule has 8 nitrogen and oxygen atoms in total. The van der Waals surface area contributed by atoms with Crippen LogP contribution in [0, 0.1) is 6.92 Å². The molecular formula is C26H29F3N6O2. The minimum absolute atomic E-state index is 0.0744. The molecule has 1 aliphatic rings. The summed E-state index contributed by atoms with van der Waals surface area (Å²) in [6.45, 7) is 5.15. The van der Waals surface area contributed by atoms with Crippen LogP contribution in [0.25, 0.3) is 0 Å². The Morgan fingerprint density at radius 2 is 1.84 bits per heavy atom. The molecular weight excluding hydrogens is 485 g/mol. The van der Waals surface area contributed by atoms with Crippen molar-refractivity contribution in [2.75, 3.05) is 44.3 Å². The van der Waals surface area contributed by atoms with E-state index in [1.165, 1.54) is 24.5 Å². The third-order valence-corrected chi connectivity index (χ3v) is 6.21. The van der Waals surface area contributed by atoms with Gasteiger partial charge in [0.25, 0.3) is 5.91 Å². The maximum Gasteiger partial charge on any atom is 0.416 e. The van der Waals surface area contributed by atoms with E-state index >= 15 is 0 Å². The van der Waals surface area contributed by atoms with E-state index in [1.54, 1.807) is 18.2 Å². The summed E-state index contributed by atoms with van der Waals surface area (Å²) in [5.74, 6) is 0.150. The van der Waals surface area contributed by atoms with Crippen molar-refractivity contribution in [1.29, 1.82) is 0 Å². The Morgan fingerprint density at radius 1 is 1.08 bits per heavy atom. The summed E-state index contributed by atoms with van der Waals surface area (Å²) in [6, 6.07) is 8.78. The Balaban J connectivity index is 1.47. The molecule has 0 bridgehead atoms. The first-order valence-electron chi connectivity index (χ1n) is 11.8. The fourth-order valence-electron chi connectivity index (χ4n) is 3.99. The number of hydrogen-bond acceptors (Lipinski definition) is 7. The first-order valence-corrected chi connectivity index (χ1v) is 11.8. The van der Waals surface area contributed by atoms with E-state index in [0.29, 0.717) is 36.0 Å². The first kappa shape index (κ1) is 26.4. The lowest BCUT2D eigenvalue weighted by Gasteiger charge is -2.33. The molecule has 0 aliphatic carbocycles. The van der Waals surface area contributed by atoms with Crippen molar-refractivity contribution in [2.45, 2.75) is 26.3 Å². The lowest BCUT2D eigenvalue weighted by Crippen LogP contribution is -2.44. The average molecular weight is 515 g/mol. The smallest absolute Gasteiger partial charge is 0.416 e. The lowest BCUT2D eigenvalue weighted by molar-refractivity contribution is -0.138. The Kier molecular flexibility index (Phi) is 7.94. The number of hydrogen-bond donors (Lipinski definition) is 2. The zero-order valence-electron chi connectivity index (χ0n) is 20.7. The van der Waals surface area contributed by atoms with Gasteiger partial charge in [-0.2, -0.15) is 13.2 Å². The third kappa shape index (κ3) is 6.95. The number of nitrogens with zero attached hydrogens (tertiary/aromatic N) is 4. The number of amides is 1. The zero-order chi connectivity index (χ0) is 26.6. The van der Waals surface area contributed by atoms with Gasteiger partial charge in [-0.05, 0) is 43.3 Å². The summed E-state index contributed by atoms with van der Waals surface area (Å²) in [7, 11) is 1.99. The molecule has 4 rings (SSSR count). The summed E-state index contributed by atoms with van der Waals surface area (Å²) in [6.07, 6.45) is -1.65. The zero-order valence-corrected chi connectivity index (χ0v) is 20.7. The summed E-state index contributed by atoms with van der Waals surface area (Å²) < 4.78 is 47.5. The number of alkyl halides is 3. The van der Waals surface area contributed by atoms with Crippen LogP contribution in [0.1, 0.15) is 32.7 Å². The van der Waals surface area contributed by atoms with Gasteiger partial charge in [0, 0.05) is 50.0 Å². The highest BCUT2D eigenvalue weighted by molar-refractivity contribution is 6.04. The maximum atomic E-state index is 13.9. The number of halogens is 3. The highest BCUT2D eigenvalue weighted by Gasteiger charge is 2.34. The Morgan fingerprint density at radius 3 is 2.51 bits per heavy atom. The summed E-state index contributed by atoms with van der Waals surface area (Å²) >= 11 is 0. The quantitative estimate of drug-likeness (QED) is 0.493. The van der Waals surface area contributed by atoms with Crippen LogP contribution in [0.5, 0.6) is 5.75 Å². The van der Waals surface area contributed by atoms with Crippen LogP contribution in [-0.2, 0) is 19.3 Å². The summed E-state index contributed by atoms with van der Waals surface area (Å²) in [4.78, 5) is 25.1. The second kappa shape index (κ2) is 11.1. The molecule has 0 radical (unpaired) electrons. The molecule has 37 heavy (non-hydrogen) atoms. The molecule has 2 aromatic carbocycles. The van der Waals surface area contributed by atoms with Crippen LogP contribution in [0.15, 0.2) is 48.8 Å². The Hall–Kier alpha value is -3.70. The predicted molar refractivity (Wildman–Crippen MR) is 134 cm³/mol. The minimum atomic E-state index is -4.58. The van der Waals surface area contributed by atoms with Crippen LogP contribution < -0.4 is 15.8 Å².